The Morgan fingerprint density at radius 2 is 1.83 bits per heavy atom. The highest BCUT2D eigenvalue weighted by atomic mass is 19.1. The predicted molar refractivity (Wildman–Crippen MR) is 103 cm³/mol. The number of nitrogens with zero attached hydrogens (tertiary/aromatic N) is 3. The molecule has 3 aromatic rings. The Balaban J connectivity index is 1.81. The van der Waals surface area contributed by atoms with E-state index >= 15 is 0 Å². The number of carbonyl (C=O) groups excluding carboxylic acids is 3. The van der Waals surface area contributed by atoms with Gasteiger partial charge in [-0.3, -0.25) is 14.4 Å². The van der Waals surface area contributed by atoms with E-state index in [-0.39, 0.29) is 18.9 Å². The molecule has 2 heterocycles. The number of fused-ring (bicyclic) bond motifs is 1. The van der Waals surface area contributed by atoms with Gasteiger partial charge in [-0.15, -0.1) is 0 Å². The molecule has 2 aromatic carbocycles. The standard InChI is InChI=1S/C21H19FN4O3/c1-12-7-16-17(8-13(12)2)25(11-24(16)10-19(23)27)18-9-20(28)26(21(18)29)15-5-3-14(22)4-6-15/h3-8,11,18H,9-10H2,1-2H3,(H-,23,27)/p+1/t18-/m1/s1. The highest BCUT2D eigenvalue weighted by Crippen LogP contribution is 2.32. The van der Waals surface area contributed by atoms with E-state index in [4.69, 9.17) is 5.73 Å². The van der Waals surface area contributed by atoms with Gasteiger partial charge in [-0.25, -0.2) is 18.4 Å². The van der Waals surface area contributed by atoms with Gasteiger partial charge in [0.1, 0.15) is 5.82 Å². The number of benzene rings is 2. The first-order chi connectivity index (χ1) is 13.8. The van der Waals surface area contributed by atoms with E-state index in [0.717, 1.165) is 27.1 Å². The number of carbonyl (C=O) groups is 3. The molecule has 0 aliphatic carbocycles. The normalized spacial score (nSPS) is 16.8. The van der Waals surface area contributed by atoms with E-state index < -0.39 is 23.7 Å². The molecule has 8 heteroatoms. The molecule has 1 aromatic heterocycles. The molecule has 1 atom stereocenters. The minimum absolute atomic E-state index is 0.0243. The Bertz CT molecular complexity index is 1170. The van der Waals surface area contributed by atoms with Crippen LogP contribution in [0, 0.1) is 19.7 Å². The molecular weight excluding hydrogens is 375 g/mol. The number of hydrogen-bond donors (Lipinski definition) is 1. The van der Waals surface area contributed by atoms with Crippen LogP contribution in [0.1, 0.15) is 23.6 Å². The van der Waals surface area contributed by atoms with Gasteiger partial charge in [-0.05, 0) is 61.4 Å². The molecule has 3 amide bonds. The molecule has 4 rings (SSSR count). The number of aromatic nitrogens is 2. The van der Waals surface area contributed by atoms with Crippen molar-refractivity contribution in [2.75, 3.05) is 4.90 Å². The maximum atomic E-state index is 13.2. The van der Waals surface area contributed by atoms with Gasteiger partial charge < -0.3 is 5.73 Å². The van der Waals surface area contributed by atoms with Crippen molar-refractivity contribution in [3.63, 3.8) is 0 Å². The number of nitrogens with two attached hydrogens (primary N) is 1. The Kier molecular flexibility index (Phi) is 4.41. The number of anilines is 1. The summed E-state index contributed by atoms with van der Waals surface area (Å²) in [5.74, 6) is -1.71. The molecule has 148 valence electrons. The van der Waals surface area contributed by atoms with Gasteiger partial charge in [0.05, 0.1) is 12.1 Å². The maximum Gasteiger partial charge on any atom is 0.279 e. The maximum absolute atomic E-state index is 13.2. The second kappa shape index (κ2) is 6.80. The van der Waals surface area contributed by atoms with Crippen molar-refractivity contribution in [1.82, 2.24) is 4.57 Å². The van der Waals surface area contributed by atoms with Crippen LogP contribution in [-0.2, 0) is 20.9 Å². The van der Waals surface area contributed by atoms with Crippen molar-refractivity contribution in [2.45, 2.75) is 32.9 Å². The number of imidazole rings is 1. The van der Waals surface area contributed by atoms with Gasteiger partial charge in [-0.1, -0.05) is 0 Å². The van der Waals surface area contributed by atoms with Crippen LogP contribution in [0.2, 0.25) is 0 Å². The van der Waals surface area contributed by atoms with Crippen LogP contribution in [0.3, 0.4) is 0 Å². The molecule has 0 bridgehead atoms. The zero-order valence-electron chi connectivity index (χ0n) is 16.1. The van der Waals surface area contributed by atoms with E-state index in [1.54, 1.807) is 15.5 Å². The van der Waals surface area contributed by atoms with Crippen LogP contribution >= 0.6 is 0 Å². The lowest BCUT2D eigenvalue weighted by Gasteiger charge is -2.14. The minimum atomic E-state index is -0.758. The summed E-state index contributed by atoms with van der Waals surface area (Å²) in [4.78, 5) is 38.3. The highest BCUT2D eigenvalue weighted by molar-refractivity contribution is 6.21. The lowest BCUT2D eigenvalue weighted by molar-refractivity contribution is -0.659. The van der Waals surface area contributed by atoms with Gasteiger partial charge in [0.2, 0.25) is 12.2 Å². The zero-order valence-corrected chi connectivity index (χ0v) is 16.1. The smallest absolute Gasteiger partial charge is 0.279 e. The fourth-order valence-electron chi connectivity index (χ4n) is 3.73. The van der Waals surface area contributed by atoms with Crippen molar-refractivity contribution in [3.05, 3.63) is 59.7 Å². The quantitative estimate of drug-likeness (QED) is 0.538. The van der Waals surface area contributed by atoms with Crippen molar-refractivity contribution in [3.8, 4) is 0 Å². The Labute approximate surface area is 166 Å². The summed E-state index contributed by atoms with van der Waals surface area (Å²) in [6.45, 7) is 3.88. The minimum Gasteiger partial charge on any atom is -0.366 e. The van der Waals surface area contributed by atoms with Gasteiger partial charge in [0, 0.05) is 0 Å². The van der Waals surface area contributed by atoms with Gasteiger partial charge in [0.15, 0.2) is 23.6 Å². The average Bonchev–Trinajstić information content (AvgIpc) is 3.13. The molecule has 0 spiro atoms. The monoisotopic (exact) mass is 395 g/mol. The number of imide groups is 1. The number of hydrogen-bond acceptors (Lipinski definition) is 3. The van der Waals surface area contributed by atoms with Crippen molar-refractivity contribution < 1.29 is 23.3 Å². The number of aryl methyl sites for hydroxylation is 2. The number of rotatable bonds is 4. The fourth-order valence-corrected chi connectivity index (χ4v) is 3.73. The Morgan fingerprint density at radius 1 is 1.17 bits per heavy atom. The molecule has 7 nitrogen and oxygen atoms in total. The largest absolute Gasteiger partial charge is 0.366 e. The third-order valence-corrected chi connectivity index (χ3v) is 5.31. The molecule has 1 saturated heterocycles. The summed E-state index contributed by atoms with van der Waals surface area (Å²) in [5.41, 5.74) is 9.26. The predicted octanol–water partition coefficient (Wildman–Crippen LogP) is 1.67. The lowest BCUT2D eigenvalue weighted by atomic mass is 10.1. The van der Waals surface area contributed by atoms with E-state index in [1.807, 2.05) is 26.0 Å². The van der Waals surface area contributed by atoms with Gasteiger partial charge in [0.25, 0.3) is 11.8 Å². The second-order valence-corrected chi connectivity index (χ2v) is 7.31. The van der Waals surface area contributed by atoms with E-state index in [0.29, 0.717) is 5.69 Å². The first-order valence-electron chi connectivity index (χ1n) is 9.18. The molecular formula is C21H20FN4O3+. The average molecular weight is 395 g/mol. The third kappa shape index (κ3) is 3.16. The Hall–Kier alpha value is -3.55. The molecule has 1 aliphatic rings. The molecule has 1 fully saturated rings. The second-order valence-electron chi connectivity index (χ2n) is 7.31. The first-order valence-corrected chi connectivity index (χ1v) is 9.18. The van der Waals surface area contributed by atoms with Crippen molar-refractivity contribution >= 4 is 34.4 Å². The van der Waals surface area contributed by atoms with Gasteiger partial charge >= 0.3 is 0 Å². The number of primary amides is 1. The van der Waals surface area contributed by atoms with E-state index in [2.05, 4.69) is 0 Å². The number of amides is 3. The highest BCUT2D eigenvalue weighted by Gasteiger charge is 2.44. The summed E-state index contributed by atoms with van der Waals surface area (Å²) in [5, 5.41) is 0. The number of halogens is 1. The molecule has 1 aliphatic heterocycles. The zero-order chi connectivity index (χ0) is 20.9. The van der Waals surface area contributed by atoms with Crippen LogP contribution < -0.4 is 15.2 Å². The van der Waals surface area contributed by atoms with E-state index in [1.165, 1.54) is 24.3 Å². The SMILES string of the molecule is Cc1cc2c(cc1C)[n+](CC(N)=O)cn2[C@@H]1CC(=O)N(c2ccc(F)cc2)C1=O. The topological polar surface area (TPSA) is 89.3 Å². The third-order valence-electron chi connectivity index (χ3n) is 5.31. The fraction of sp³-hybridized carbons (Fsp3) is 0.238. The van der Waals surface area contributed by atoms with Crippen LogP contribution in [-0.4, -0.2) is 22.3 Å². The lowest BCUT2D eigenvalue weighted by Crippen LogP contribution is -2.40. The van der Waals surface area contributed by atoms with Crippen molar-refractivity contribution in [1.29, 1.82) is 0 Å². The summed E-state index contributed by atoms with van der Waals surface area (Å²) in [7, 11) is 0. The summed E-state index contributed by atoms with van der Waals surface area (Å²) in [6, 6.07) is 8.34. The summed E-state index contributed by atoms with van der Waals surface area (Å²) < 4.78 is 16.6. The van der Waals surface area contributed by atoms with E-state index in [9.17, 15) is 18.8 Å². The van der Waals surface area contributed by atoms with Crippen molar-refractivity contribution in [2.24, 2.45) is 5.73 Å². The molecule has 0 saturated carbocycles. The summed E-state index contributed by atoms with van der Waals surface area (Å²) >= 11 is 0. The van der Waals surface area contributed by atoms with Crippen LogP contribution in [0.4, 0.5) is 10.1 Å². The van der Waals surface area contributed by atoms with Crippen LogP contribution in [0.15, 0.2) is 42.7 Å². The Morgan fingerprint density at radius 3 is 2.48 bits per heavy atom. The molecule has 29 heavy (non-hydrogen) atoms. The van der Waals surface area contributed by atoms with Crippen LogP contribution in [0.25, 0.3) is 11.0 Å². The summed E-state index contributed by atoms with van der Waals surface area (Å²) in [6.07, 6.45) is 1.63. The van der Waals surface area contributed by atoms with Crippen LogP contribution in [0.5, 0.6) is 0 Å². The first kappa shape index (κ1) is 18.8. The molecule has 0 unspecified atom stereocenters. The van der Waals surface area contributed by atoms with Gasteiger partial charge in [-0.2, -0.15) is 0 Å². The molecule has 0 radical (unpaired) electrons. The molecule has 2 N–H and O–H groups in total.